The molecule has 0 saturated heterocycles. The molecule has 164 valence electrons. The Morgan fingerprint density at radius 2 is 1.67 bits per heavy atom. The summed E-state index contributed by atoms with van der Waals surface area (Å²) in [6.07, 6.45) is 5.15. The molecule has 0 amide bonds. The number of carboxylic acids is 1. The van der Waals surface area contributed by atoms with Crippen molar-refractivity contribution < 1.29 is 9.90 Å². The first-order valence-electron chi connectivity index (χ1n) is 11.2. The number of carbonyl (C=O) groups is 1. The zero-order valence-electron chi connectivity index (χ0n) is 19.5. The Hall–Kier alpha value is -1.74. The van der Waals surface area contributed by atoms with Gasteiger partial charge in [0.1, 0.15) is 4.75 Å². The summed E-state index contributed by atoms with van der Waals surface area (Å²) in [5.74, 6) is -0.275. The molecule has 0 aliphatic rings. The topological polar surface area (TPSA) is 37.3 Å². The second kappa shape index (κ2) is 10.5. The smallest absolute Gasteiger partial charge is 0.319 e. The molecule has 1 N–H and O–H groups in total. The second-order valence-electron chi connectivity index (χ2n) is 9.62. The molecule has 0 heterocycles. The summed E-state index contributed by atoms with van der Waals surface area (Å²) in [6, 6.07) is 16.9. The van der Waals surface area contributed by atoms with E-state index in [1.54, 1.807) is 0 Å². The van der Waals surface area contributed by atoms with Gasteiger partial charge in [-0.25, -0.2) is 0 Å². The minimum absolute atomic E-state index is 0.00714. The van der Waals surface area contributed by atoms with Crippen molar-refractivity contribution >= 4 is 17.7 Å². The molecule has 2 unspecified atom stereocenters. The van der Waals surface area contributed by atoms with E-state index in [2.05, 4.69) is 65.0 Å². The van der Waals surface area contributed by atoms with Crippen molar-refractivity contribution in [3.63, 3.8) is 0 Å². The summed E-state index contributed by atoms with van der Waals surface area (Å²) in [6.45, 7) is 12.9. The van der Waals surface area contributed by atoms with Gasteiger partial charge in [0.15, 0.2) is 0 Å². The van der Waals surface area contributed by atoms with Crippen molar-refractivity contribution in [2.75, 3.05) is 0 Å². The van der Waals surface area contributed by atoms with Gasteiger partial charge in [0.2, 0.25) is 0 Å². The van der Waals surface area contributed by atoms with E-state index in [0.717, 1.165) is 41.7 Å². The van der Waals surface area contributed by atoms with E-state index in [4.69, 9.17) is 0 Å². The molecule has 0 bridgehead atoms. The van der Waals surface area contributed by atoms with Crippen LogP contribution in [0.4, 0.5) is 0 Å². The molecule has 0 fully saturated rings. The van der Waals surface area contributed by atoms with Gasteiger partial charge < -0.3 is 5.11 Å². The maximum atomic E-state index is 12.4. The lowest BCUT2D eigenvalue weighted by Crippen LogP contribution is -2.34. The highest BCUT2D eigenvalue weighted by molar-refractivity contribution is 8.01. The van der Waals surface area contributed by atoms with Crippen LogP contribution < -0.4 is 0 Å². The molecule has 0 aliphatic heterocycles. The van der Waals surface area contributed by atoms with Crippen LogP contribution in [0.3, 0.4) is 0 Å². The van der Waals surface area contributed by atoms with E-state index in [9.17, 15) is 9.90 Å². The van der Waals surface area contributed by atoms with E-state index in [1.165, 1.54) is 17.3 Å². The number of hydrogen-bond acceptors (Lipinski definition) is 2. The minimum atomic E-state index is -0.834. The highest BCUT2D eigenvalue weighted by Gasteiger charge is 2.37. The Kier molecular flexibility index (Phi) is 8.61. The maximum Gasteiger partial charge on any atom is 0.319 e. The van der Waals surface area contributed by atoms with Crippen LogP contribution in [-0.4, -0.2) is 15.8 Å². The van der Waals surface area contributed by atoms with Crippen LogP contribution in [0.2, 0.25) is 0 Å². The van der Waals surface area contributed by atoms with Gasteiger partial charge in [-0.3, -0.25) is 4.79 Å². The number of aliphatic carboxylic acids is 1. The van der Waals surface area contributed by atoms with Gasteiger partial charge in [-0.2, -0.15) is 0 Å². The third kappa shape index (κ3) is 6.63. The first kappa shape index (κ1) is 24.5. The summed E-state index contributed by atoms with van der Waals surface area (Å²) < 4.78 is -0.834. The fourth-order valence-corrected chi connectivity index (χ4v) is 5.11. The molecular weight excluding hydrogens is 388 g/mol. The average Bonchev–Trinajstić information content (AvgIpc) is 2.70. The van der Waals surface area contributed by atoms with Gasteiger partial charge in [0, 0.05) is 4.90 Å². The van der Waals surface area contributed by atoms with E-state index in [0.29, 0.717) is 12.3 Å². The molecule has 2 aromatic rings. The molecular formula is C27H38O2S. The Labute approximate surface area is 187 Å². The Bertz CT molecular complexity index is 823. The van der Waals surface area contributed by atoms with Crippen LogP contribution in [-0.2, 0) is 10.2 Å². The van der Waals surface area contributed by atoms with Gasteiger partial charge in [0.05, 0.1) is 0 Å². The minimum Gasteiger partial charge on any atom is -0.480 e. The highest BCUT2D eigenvalue weighted by Crippen LogP contribution is 2.42. The SMILES string of the molecule is CCCCC(CC)CC(C)(Sc1cc(-c2ccccc2)cc(C(C)(C)C)c1)C(=O)O. The Morgan fingerprint density at radius 1 is 1.00 bits per heavy atom. The van der Waals surface area contributed by atoms with E-state index in [1.807, 2.05) is 25.1 Å². The molecule has 2 aromatic carbocycles. The Morgan fingerprint density at radius 3 is 2.20 bits per heavy atom. The molecule has 0 saturated carbocycles. The quantitative estimate of drug-likeness (QED) is 0.389. The highest BCUT2D eigenvalue weighted by atomic mass is 32.2. The predicted octanol–water partition coefficient (Wildman–Crippen LogP) is 8.19. The van der Waals surface area contributed by atoms with E-state index < -0.39 is 10.7 Å². The van der Waals surface area contributed by atoms with Gasteiger partial charge in [-0.1, -0.05) is 96.7 Å². The lowest BCUT2D eigenvalue weighted by molar-refractivity contribution is -0.139. The van der Waals surface area contributed by atoms with Crippen molar-refractivity contribution in [2.24, 2.45) is 5.92 Å². The lowest BCUT2D eigenvalue weighted by atomic mass is 9.85. The second-order valence-corrected chi connectivity index (χ2v) is 11.2. The predicted molar refractivity (Wildman–Crippen MR) is 130 cm³/mol. The van der Waals surface area contributed by atoms with Gasteiger partial charge in [-0.15, -0.1) is 11.8 Å². The van der Waals surface area contributed by atoms with Crippen molar-refractivity contribution in [1.29, 1.82) is 0 Å². The number of hydrogen-bond donors (Lipinski definition) is 1. The van der Waals surface area contributed by atoms with E-state index in [-0.39, 0.29) is 5.41 Å². The summed E-state index contributed by atoms with van der Waals surface area (Å²) >= 11 is 1.52. The lowest BCUT2D eigenvalue weighted by Gasteiger charge is -2.30. The average molecular weight is 427 g/mol. The fraction of sp³-hybridized carbons (Fsp3) is 0.519. The van der Waals surface area contributed by atoms with Gasteiger partial charge >= 0.3 is 5.97 Å². The summed E-state index contributed by atoms with van der Waals surface area (Å²) in [5.41, 5.74) is 3.54. The van der Waals surface area contributed by atoms with Crippen molar-refractivity contribution in [3.05, 3.63) is 54.1 Å². The summed E-state index contributed by atoms with van der Waals surface area (Å²) in [7, 11) is 0. The monoisotopic (exact) mass is 426 g/mol. The number of unbranched alkanes of at least 4 members (excludes halogenated alkanes) is 1. The summed E-state index contributed by atoms with van der Waals surface area (Å²) in [5, 5.41) is 10.2. The first-order valence-corrected chi connectivity index (χ1v) is 12.0. The Balaban J connectivity index is 2.43. The van der Waals surface area contributed by atoms with Crippen LogP contribution >= 0.6 is 11.8 Å². The normalized spacial score (nSPS) is 14.9. The van der Waals surface area contributed by atoms with Crippen molar-refractivity contribution in [3.8, 4) is 11.1 Å². The fourth-order valence-electron chi connectivity index (χ4n) is 3.82. The van der Waals surface area contributed by atoms with Crippen molar-refractivity contribution in [1.82, 2.24) is 0 Å². The molecule has 30 heavy (non-hydrogen) atoms. The molecule has 2 rings (SSSR count). The number of carboxylic acid groups (broad SMARTS) is 1. The zero-order valence-corrected chi connectivity index (χ0v) is 20.3. The van der Waals surface area contributed by atoms with E-state index >= 15 is 0 Å². The summed E-state index contributed by atoms with van der Waals surface area (Å²) in [4.78, 5) is 13.4. The number of benzene rings is 2. The molecule has 0 aliphatic carbocycles. The van der Waals surface area contributed by atoms with Crippen LogP contribution in [0.5, 0.6) is 0 Å². The third-order valence-corrected chi connectivity index (χ3v) is 7.16. The first-order chi connectivity index (χ1) is 14.1. The molecule has 2 atom stereocenters. The van der Waals surface area contributed by atoms with Crippen molar-refractivity contribution in [2.45, 2.75) is 88.7 Å². The van der Waals surface area contributed by atoms with Crippen LogP contribution in [0.25, 0.3) is 11.1 Å². The maximum absolute atomic E-state index is 12.4. The molecule has 0 radical (unpaired) electrons. The molecule has 3 heteroatoms. The largest absolute Gasteiger partial charge is 0.480 e. The van der Waals surface area contributed by atoms with Crippen LogP contribution in [0, 0.1) is 5.92 Å². The number of thioether (sulfide) groups is 1. The zero-order chi connectivity index (χ0) is 22.4. The number of rotatable bonds is 10. The van der Waals surface area contributed by atoms with Gasteiger partial charge in [-0.05, 0) is 53.5 Å². The molecule has 0 spiro atoms. The van der Waals surface area contributed by atoms with Gasteiger partial charge in [0.25, 0.3) is 0 Å². The standard InChI is InChI=1S/C27H38O2S/c1-7-9-13-20(8-2)19-27(6,25(28)29)30-24-17-22(21-14-11-10-12-15-21)16-23(18-24)26(3,4)5/h10-12,14-18,20H,7-9,13,19H2,1-6H3,(H,28,29). The van der Waals surface area contributed by atoms with Crippen LogP contribution in [0.1, 0.15) is 79.2 Å². The molecule has 0 aromatic heterocycles. The van der Waals surface area contributed by atoms with Crippen LogP contribution in [0.15, 0.2) is 53.4 Å². The third-order valence-electron chi connectivity index (χ3n) is 5.90. The molecule has 2 nitrogen and oxygen atoms in total.